The maximum absolute atomic E-state index is 13.1. The third-order valence-electron chi connectivity index (χ3n) is 5.30. The molecule has 0 atom stereocenters. The van der Waals surface area contributed by atoms with E-state index < -0.39 is 23.8 Å². The SMILES string of the molecule is COC(=O)c1ccc(C)c(-c2ccc(/C=C3\C(=O)N(C)C(=O)N(c4ccccc4)C3=O)o2)c1. The van der Waals surface area contributed by atoms with Crippen molar-refractivity contribution in [3.8, 4) is 11.3 Å². The Hall–Kier alpha value is -4.46. The van der Waals surface area contributed by atoms with Crippen LogP contribution in [0.2, 0.25) is 0 Å². The highest BCUT2D eigenvalue weighted by atomic mass is 16.5. The second kappa shape index (κ2) is 8.58. The maximum atomic E-state index is 13.1. The van der Waals surface area contributed by atoms with Gasteiger partial charge in [0.05, 0.1) is 18.4 Å². The number of rotatable bonds is 4. The number of barbiturate groups is 1. The molecule has 1 aliphatic heterocycles. The van der Waals surface area contributed by atoms with E-state index in [-0.39, 0.29) is 11.3 Å². The molecule has 33 heavy (non-hydrogen) atoms. The molecule has 8 nitrogen and oxygen atoms in total. The minimum Gasteiger partial charge on any atom is -0.465 e. The lowest BCUT2D eigenvalue weighted by Gasteiger charge is -2.31. The number of hydrogen-bond donors (Lipinski definition) is 0. The number of amides is 4. The van der Waals surface area contributed by atoms with E-state index in [1.807, 2.05) is 6.92 Å². The van der Waals surface area contributed by atoms with E-state index in [2.05, 4.69) is 0 Å². The highest BCUT2D eigenvalue weighted by Crippen LogP contribution is 2.29. The molecule has 1 fully saturated rings. The van der Waals surface area contributed by atoms with Gasteiger partial charge in [0.2, 0.25) is 0 Å². The fraction of sp³-hybridized carbons (Fsp3) is 0.120. The Balaban J connectivity index is 1.71. The topological polar surface area (TPSA) is 97.1 Å². The highest BCUT2D eigenvalue weighted by Gasteiger charge is 2.41. The van der Waals surface area contributed by atoms with Gasteiger partial charge in [-0.25, -0.2) is 14.5 Å². The number of carbonyl (C=O) groups is 4. The summed E-state index contributed by atoms with van der Waals surface area (Å²) in [5.74, 6) is -1.24. The number of likely N-dealkylation sites (N-methyl/N-ethyl adjacent to an activating group) is 1. The number of methoxy groups -OCH3 is 1. The summed E-state index contributed by atoms with van der Waals surface area (Å²) in [6.07, 6.45) is 1.31. The Morgan fingerprint density at radius 1 is 0.970 bits per heavy atom. The van der Waals surface area contributed by atoms with E-state index in [0.29, 0.717) is 22.6 Å². The normalized spacial score (nSPS) is 15.4. The van der Waals surface area contributed by atoms with Crippen LogP contribution in [0.1, 0.15) is 21.7 Å². The second-order valence-corrected chi connectivity index (χ2v) is 7.40. The summed E-state index contributed by atoms with van der Waals surface area (Å²) in [4.78, 5) is 52.1. The summed E-state index contributed by atoms with van der Waals surface area (Å²) < 4.78 is 10.6. The summed E-state index contributed by atoms with van der Waals surface area (Å²) in [7, 11) is 2.62. The van der Waals surface area contributed by atoms with Crippen LogP contribution in [0.4, 0.5) is 10.5 Å². The van der Waals surface area contributed by atoms with Crippen molar-refractivity contribution >= 4 is 35.6 Å². The molecule has 1 aliphatic rings. The standard InChI is InChI=1S/C25H20N2O6/c1-15-9-10-16(24(30)32-3)13-19(15)21-12-11-18(33-21)14-20-22(28)26(2)25(31)27(23(20)29)17-7-5-4-6-8-17/h4-14H,1-3H3/b20-14+. The van der Waals surface area contributed by atoms with Crippen LogP contribution in [0.25, 0.3) is 17.4 Å². The first kappa shape index (κ1) is 21.8. The molecule has 0 saturated carbocycles. The number of aryl methyl sites for hydroxylation is 1. The summed E-state index contributed by atoms with van der Waals surface area (Å²) >= 11 is 0. The number of anilines is 1. The molecule has 4 amide bonds. The average Bonchev–Trinajstić information content (AvgIpc) is 3.29. The third kappa shape index (κ3) is 3.94. The summed E-state index contributed by atoms with van der Waals surface area (Å²) in [5, 5.41) is 0. The van der Waals surface area contributed by atoms with E-state index in [1.54, 1.807) is 60.7 Å². The van der Waals surface area contributed by atoms with Crippen LogP contribution in [-0.4, -0.2) is 42.9 Å². The Morgan fingerprint density at radius 2 is 1.70 bits per heavy atom. The number of para-hydroxylation sites is 1. The lowest BCUT2D eigenvalue weighted by atomic mass is 10.0. The maximum Gasteiger partial charge on any atom is 0.338 e. The molecule has 4 rings (SSSR count). The zero-order valence-corrected chi connectivity index (χ0v) is 18.2. The molecule has 0 bridgehead atoms. The van der Waals surface area contributed by atoms with Gasteiger partial charge in [-0.2, -0.15) is 0 Å². The number of furan rings is 1. The van der Waals surface area contributed by atoms with Crippen LogP contribution in [0.3, 0.4) is 0 Å². The average molecular weight is 444 g/mol. The first-order valence-corrected chi connectivity index (χ1v) is 10.0. The molecule has 0 radical (unpaired) electrons. The van der Waals surface area contributed by atoms with Gasteiger partial charge in [0.25, 0.3) is 11.8 Å². The molecule has 0 spiro atoms. The lowest BCUT2D eigenvalue weighted by molar-refractivity contribution is -0.128. The van der Waals surface area contributed by atoms with Crippen molar-refractivity contribution in [1.29, 1.82) is 0 Å². The molecule has 166 valence electrons. The zero-order valence-electron chi connectivity index (χ0n) is 18.2. The predicted molar refractivity (Wildman–Crippen MR) is 120 cm³/mol. The molecule has 1 aromatic heterocycles. The number of carbonyl (C=O) groups excluding carboxylic acids is 4. The number of esters is 1. The van der Waals surface area contributed by atoms with E-state index >= 15 is 0 Å². The first-order chi connectivity index (χ1) is 15.8. The molecule has 2 heterocycles. The van der Waals surface area contributed by atoms with Gasteiger partial charge in [0.1, 0.15) is 17.1 Å². The van der Waals surface area contributed by atoms with Crippen LogP contribution in [0.5, 0.6) is 0 Å². The van der Waals surface area contributed by atoms with Crippen molar-refractivity contribution in [1.82, 2.24) is 4.90 Å². The number of nitrogens with zero attached hydrogens (tertiary/aromatic N) is 2. The minimum absolute atomic E-state index is 0.207. The van der Waals surface area contributed by atoms with Crippen LogP contribution in [-0.2, 0) is 14.3 Å². The fourth-order valence-corrected chi connectivity index (χ4v) is 3.49. The van der Waals surface area contributed by atoms with Crippen LogP contribution in [0.15, 0.2) is 70.7 Å². The zero-order chi connectivity index (χ0) is 23.7. The molecule has 1 saturated heterocycles. The molecule has 3 aromatic rings. The van der Waals surface area contributed by atoms with Crippen LogP contribution < -0.4 is 4.90 Å². The van der Waals surface area contributed by atoms with Gasteiger partial charge in [-0.3, -0.25) is 14.5 Å². The van der Waals surface area contributed by atoms with E-state index in [9.17, 15) is 19.2 Å². The number of urea groups is 1. The van der Waals surface area contributed by atoms with Crippen molar-refractivity contribution < 1.29 is 28.3 Å². The van der Waals surface area contributed by atoms with Gasteiger partial charge in [-0.05, 0) is 55.0 Å². The Morgan fingerprint density at radius 3 is 2.39 bits per heavy atom. The third-order valence-corrected chi connectivity index (χ3v) is 5.30. The highest BCUT2D eigenvalue weighted by molar-refractivity contribution is 6.38. The van der Waals surface area contributed by atoms with Crippen LogP contribution in [0, 0.1) is 6.92 Å². The lowest BCUT2D eigenvalue weighted by Crippen LogP contribution is -2.55. The van der Waals surface area contributed by atoms with Crippen molar-refractivity contribution in [3.63, 3.8) is 0 Å². The Labute approximate surface area is 189 Å². The molecule has 0 unspecified atom stereocenters. The Bertz CT molecular complexity index is 1310. The molecule has 8 heteroatoms. The van der Waals surface area contributed by atoms with Gasteiger partial charge in [0.15, 0.2) is 0 Å². The monoisotopic (exact) mass is 444 g/mol. The van der Waals surface area contributed by atoms with E-state index in [1.165, 1.54) is 20.2 Å². The van der Waals surface area contributed by atoms with Gasteiger partial charge in [-0.15, -0.1) is 0 Å². The molecule has 0 aliphatic carbocycles. The summed E-state index contributed by atoms with van der Waals surface area (Å²) in [6.45, 7) is 1.86. The minimum atomic E-state index is -0.740. The van der Waals surface area contributed by atoms with Gasteiger partial charge >= 0.3 is 12.0 Å². The van der Waals surface area contributed by atoms with Crippen molar-refractivity contribution in [2.45, 2.75) is 6.92 Å². The van der Waals surface area contributed by atoms with Crippen molar-refractivity contribution in [3.05, 3.63) is 83.1 Å². The molecule has 0 N–H and O–H groups in total. The van der Waals surface area contributed by atoms with Gasteiger partial charge in [0, 0.05) is 12.6 Å². The molecular formula is C25H20N2O6. The first-order valence-electron chi connectivity index (χ1n) is 10.0. The number of imide groups is 2. The predicted octanol–water partition coefficient (Wildman–Crippen LogP) is 4.05. The van der Waals surface area contributed by atoms with Crippen molar-refractivity contribution in [2.75, 3.05) is 19.1 Å². The Kier molecular flexibility index (Phi) is 5.66. The van der Waals surface area contributed by atoms with E-state index in [4.69, 9.17) is 9.15 Å². The number of hydrogen-bond acceptors (Lipinski definition) is 6. The second-order valence-electron chi connectivity index (χ2n) is 7.40. The number of benzene rings is 2. The van der Waals surface area contributed by atoms with Crippen molar-refractivity contribution in [2.24, 2.45) is 0 Å². The largest absolute Gasteiger partial charge is 0.465 e. The van der Waals surface area contributed by atoms with Gasteiger partial charge < -0.3 is 9.15 Å². The van der Waals surface area contributed by atoms with Gasteiger partial charge in [-0.1, -0.05) is 24.3 Å². The quantitative estimate of drug-likeness (QED) is 0.342. The van der Waals surface area contributed by atoms with E-state index in [0.717, 1.165) is 15.4 Å². The smallest absolute Gasteiger partial charge is 0.338 e. The number of ether oxygens (including phenoxy) is 1. The summed E-state index contributed by atoms with van der Waals surface area (Å²) in [5.41, 5.74) is 2.05. The fourth-order valence-electron chi connectivity index (χ4n) is 3.49. The molecular weight excluding hydrogens is 424 g/mol. The summed E-state index contributed by atoms with van der Waals surface area (Å²) in [6, 6.07) is 16.0. The van der Waals surface area contributed by atoms with Crippen LogP contribution >= 0.6 is 0 Å². The molecule has 2 aromatic carbocycles.